The van der Waals surface area contributed by atoms with E-state index in [2.05, 4.69) is 157 Å². The van der Waals surface area contributed by atoms with Crippen LogP contribution in [-0.2, 0) is 0 Å². The third-order valence-corrected chi connectivity index (χ3v) is 10.3. The molecule has 3 nitrogen and oxygen atoms in total. The van der Waals surface area contributed by atoms with E-state index in [0.717, 1.165) is 11.3 Å². The van der Waals surface area contributed by atoms with Gasteiger partial charge in [0.05, 0.1) is 22.1 Å². The summed E-state index contributed by atoms with van der Waals surface area (Å²) in [6, 6.07) is 43.0. The summed E-state index contributed by atoms with van der Waals surface area (Å²) < 4.78 is 2.55. The molecular formula is C41H33N3S. The Morgan fingerprint density at radius 3 is 2.24 bits per heavy atom. The van der Waals surface area contributed by atoms with Crippen LogP contribution in [-0.4, -0.2) is 12.0 Å². The maximum Gasteiger partial charge on any atom is 0.201 e. The molecule has 3 unspecified atom stereocenters. The molecule has 2 aliphatic rings. The van der Waals surface area contributed by atoms with Gasteiger partial charge in [-0.1, -0.05) is 153 Å². The predicted octanol–water partition coefficient (Wildman–Crippen LogP) is 10.3. The molecule has 8 rings (SSSR count). The summed E-state index contributed by atoms with van der Waals surface area (Å²) in [5.41, 5.74) is 15.1. The van der Waals surface area contributed by atoms with Crippen LogP contribution in [0.2, 0.25) is 0 Å². The first-order chi connectivity index (χ1) is 22.2. The molecule has 2 N–H and O–H groups in total. The van der Waals surface area contributed by atoms with Crippen molar-refractivity contribution in [3.05, 3.63) is 168 Å². The number of nitrogens with two attached hydrogens (primary N) is 1. The smallest absolute Gasteiger partial charge is 0.201 e. The van der Waals surface area contributed by atoms with Crippen molar-refractivity contribution >= 4 is 48.9 Å². The first-order valence-corrected chi connectivity index (χ1v) is 16.3. The molecule has 1 aliphatic carbocycles. The predicted molar refractivity (Wildman–Crippen MR) is 193 cm³/mol. The average molecular weight is 600 g/mol. The molecule has 0 radical (unpaired) electrons. The zero-order chi connectivity index (χ0) is 30.3. The highest BCUT2D eigenvalue weighted by molar-refractivity contribution is 7.26. The molecule has 218 valence electrons. The normalized spacial score (nSPS) is 18.4. The van der Waals surface area contributed by atoms with E-state index in [1.807, 2.05) is 17.4 Å². The quantitative estimate of drug-likeness (QED) is 0.158. The Morgan fingerprint density at radius 2 is 1.44 bits per heavy atom. The van der Waals surface area contributed by atoms with Crippen LogP contribution < -0.4 is 10.6 Å². The minimum Gasteiger partial charge on any atom is -0.369 e. The molecule has 0 saturated carbocycles. The van der Waals surface area contributed by atoms with Crippen molar-refractivity contribution in [2.45, 2.75) is 24.8 Å². The van der Waals surface area contributed by atoms with Gasteiger partial charge in [0.25, 0.3) is 0 Å². The van der Waals surface area contributed by atoms with Crippen LogP contribution in [0.25, 0.3) is 37.0 Å². The van der Waals surface area contributed by atoms with Gasteiger partial charge in [0, 0.05) is 27.3 Å². The monoisotopic (exact) mass is 599 g/mol. The van der Waals surface area contributed by atoms with Gasteiger partial charge in [-0.3, -0.25) is 0 Å². The maximum atomic E-state index is 7.14. The van der Waals surface area contributed by atoms with Gasteiger partial charge >= 0.3 is 0 Å². The van der Waals surface area contributed by atoms with Crippen molar-refractivity contribution in [1.82, 2.24) is 0 Å². The highest BCUT2D eigenvalue weighted by Gasteiger charge is 2.40. The third kappa shape index (κ3) is 4.88. The zero-order valence-corrected chi connectivity index (χ0v) is 25.9. The number of aliphatic imine (C=N–C) groups is 1. The zero-order valence-electron chi connectivity index (χ0n) is 25.0. The largest absolute Gasteiger partial charge is 0.369 e. The van der Waals surface area contributed by atoms with E-state index in [1.165, 1.54) is 48.1 Å². The van der Waals surface area contributed by atoms with E-state index in [0.29, 0.717) is 5.96 Å². The Morgan fingerprint density at radius 1 is 0.756 bits per heavy atom. The van der Waals surface area contributed by atoms with Crippen LogP contribution in [0.5, 0.6) is 0 Å². The van der Waals surface area contributed by atoms with Gasteiger partial charge in [-0.25, -0.2) is 4.99 Å². The van der Waals surface area contributed by atoms with Crippen molar-refractivity contribution in [2.75, 3.05) is 4.90 Å². The van der Waals surface area contributed by atoms with Crippen molar-refractivity contribution in [2.24, 2.45) is 10.7 Å². The second-order valence-electron chi connectivity index (χ2n) is 11.8. The molecule has 1 aliphatic heterocycles. The topological polar surface area (TPSA) is 41.6 Å². The molecule has 0 saturated heterocycles. The number of fused-ring (bicyclic) bond motifs is 7. The minimum absolute atomic E-state index is 0.0674. The molecule has 6 aromatic rings. The molecule has 0 amide bonds. The lowest BCUT2D eigenvalue weighted by Crippen LogP contribution is -2.43. The van der Waals surface area contributed by atoms with Gasteiger partial charge in [0.1, 0.15) is 0 Å². The summed E-state index contributed by atoms with van der Waals surface area (Å²) in [6.07, 6.45) is 11.1. The Labute approximate surface area is 268 Å². The molecule has 45 heavy (non-hydrogen) atoms. The number of allylic oxidation sites excluding steroid dienone is 3. The van der Waals surface area contributed by atoms with Crippen molar-refractivity contribution in [3.63, 3.8) is 0 Å². The van der Waals surface area contributed by atoms with Gasteiger partial charge < -0.3 is 10.6 Å². The summed E-state index contributed by atoms with van der Waals surface area (Å²) >= 11 is 1.84. The number of benzene rings is 5. The Hall–Kier alpha value is -5.19. The van der Waals surface area contributed by atoms with E-state index in [9.17, 15) is 0 Å². The lowest BCUT2D eigenvalue weighted by molar-refractivity contribution is 0.753. The van der Waals surface area contributed by atoms with Crippen LogP contribution in [0.4, 0.5) is 5.69 Å². The van der Waals surface area contributed by atoms with Crippen LogP contribution >= 0.6 is 11.3 Å². The first-order valence-electron chi connectivity index (χ1n) is 15.5. The van der Waals surface area contributed by atoms with Crippen LogP contribution in [0, 0.1) is 0 Å². The lowest BCUT2D eigenvalue weighted by Gasteiger charge is -2.28. The number of hydrogen-bond acceptors (Lipinski definition) is 2. The standard InChI is InChI=1S/C41H33N3S/c1-27(28-12-4-2-5-13-28)26-36(31-22-20-30(21-23-31)29-14-6-3-7-15-29)43-41(42)44-37-18-10-8-16-32(37)34-24-25-35-33-17-9-11-19-38(33)45-40(35)39(34)44/h2-27,32,37H,1H3,(H2,42,43)/b36-26-. The van der Waals surface area contributed by atoms with Crippen molar-refractivity contribution < 1.29 is 0 Å². The van der Waals surface area contributed by atoms with Crippen LogP contribution in [0.1, 0.15) is 35.4 Å². The molecule has 2 heterocycles. The van der Waals surface area contributed by atoms with Gasteiger partial charge in [-0.15, -0.1) is 11.3 Å². The molecule has 0 bridgehead atoms. The maximum absolute atomic E-state index is 7.14. The van der Waals surface area contributed by atoms with Gasteiger partial charge in [0.2, 0.25) is 5.96 Å². The molecule has 0 spiro atoms. The molecule has 4 heteroatoms. The number of thiophene rings is 1. The number of nitrogens with zero attached hydrogens (tertiary/aromatic N) is 2. The highest BCUT2D eigenvalue weighted by Crippen LogP contribution is 2.51. The van der Waals surface area contributed by atoms with E-state index in [1.54, 1.807) is 0 Å². The Balaban J connectivity index is 1.27. The summed E-state index contributed by atoms with van der Waals surface area (Å²) in [6.45, 7) is 2.22. The number of hydrogen-bond donors (Lipinski definition) is 1. The van der Waals surface area contributed by atoms with Gasteiger partial charge in [-0.05, 0) is 33.9 Å². The van der Waals surface area contributed by atoms with Crippen molar-refractivity contribution in [1.29, 1.82) is 0 Å². The second kappa shape index (κ2) is 11.4. The lowest BCUT2D eigenvalue weighted by atomic mass is 9.91. The number of rotatable bonds is 5. The van der Waals surface area contributed by atoms with E-state index < -0.39 is 0 Å². The highest BCUT2D eigenvalue weighted by atomic mass is 32.1. The van der Waals surface area contributed by atoms with Crippen LogP contribution in [0.15, 0.2) is 157 Å². The number of anilines is 1. The summed E-state index contributed by atoms with van der Waals surface area (Å²) in [5, 5.41) is 2.55. The SMILES string of the molecule is CC(/C=C(\N=C(N)N1c2c(ccc3c2sc2ccccc23)C2C=CC=CC21)c1ccc(-c2ccccc2)cc1)c1ccccc1. The summed E-state index contributed by atoms with van der Waals surface area (Å²) in [5.74, 6) is 0.874. The fourth-order valence-electron chi connectivity index (χ4n) is 6.78. The van der Waals surface area contributed by atoms with Crippen LogP contribution in [0.3, 0.4) is 0 Å². The van der Waals surface area contributed by atoms with Crippen molar-refractivity contribution in [3.8, 4) is 11.1 Å². The molecule has 0 fully saturated rings. The van der Waals surface area contributed by atoms with E-state index in [4.69, 9.17) is 10.7 Å². The number of guanidine groups is 1. The van der Waals surface area contributed by atoms with Gasteiger partial charge in [-0.2, -0.15) is 0 Å². The summed E-state index contributed by atoms with van der Waals surface area (Å²) in [7, 11) is 0. The average Bonchev–Trinajstić information content (AvgIpc) is 3.65. The second-order valence-corrected chi connectivity index (χ2v) is 12.9. The molecular weight excluding hydrogens is 567 g/mol. The fraction of sp³-hybridized carbons (Fsp3) is 0.0976. The van der Waals surface area contributed by atoms with E-state index >= 15 is 0 Å². The molecule has 1 aromatic heterocycles. The minimum atomic E-state index is 0.0674. The fourth-order valence-corrected chi connectivity index (χ4v) is 8.04. The Kier molecular flexibility index (Phi) is 6.92. The summed E-state index contributed by atoms with van der Waals surface area (Å²) in [4.78, 5) is 7.55. The van der Waals surface area contributed by atoms with Gasteiger partial charge in [0.15, 0.2) is 0 Å². The Bertz CT molecular complexity index is 2140. The first kappa shape index (κ1) is 27.4. The third-order valence-electron chi connectivity index (χ3n) is 9.06. The molecule has 5 aromatic carbocycles. The molecule has 3 atom stereocenters. The van der Waals surface area contributed by atoms with E-state index in [-0.39, 0.29) is 17.9 Å².